The molecule has 4 nitrogen and oxygen atoms in total. The highest BCUT2D eigenvalue weighted by Gasteiger charge is 2.18. The van der Waals surface area contributed by atoms with Gasteiger partial charge in [-0.2, -0.15) is 5.10 Å². The van der Waals surface area contributed by atoms with Crippen LogP contribution < -0.4 is 0 Å². The van der Waals surface area contributed by atoms with Crippen LogP contribution in [-0.4, -0.2) is 19.9 Å². The van der Waals surface area contributed by atoms with Crippen LogP contribution in [0.15, 0.2) is 24.4 Å². The topological polar surface area (TPSA) is 50.9 Å². The van der Waals surface area contributed by atoms with Crippen LogP contribution in [-0.2, 0) is 19.9 Å². The Bertz CT molecular complexity index is 525. The van der Waals surface area contributed by atoms with Crippen LogP contribution in [0.1, 0.15) is 30.1 Å². The summed E-state index contributed by atoms with van der Waals surface area (Å²) in [5.41, 5.74) is 2.35. The van der Waals surface area contributed by atoms with Crippen LogP contribution in [0, 0.1) is 0 Å². The smallest absolute Gasteiger partial charge is 0.101 e. The predicted octanol–water partition coefficient (Wildman–Crippen LogP) is 2.31. The Kier molecular flexibility index (Phi) is 3.99. The molecule has 0 aliphatic carbocycles. The molecule has 1 N–H and O–H groups in total. The number of hydrogen-bond donors (Lipinski definition) is 1. The van der Waals surface area contributed by atoms with E-state index in [9.17, 15) is 5.11 Å². The Labute approximate surface area is 111 Å². The fourth-order valence-electron chi connectivity index (χ4n) is 1.90. The summed E-state index contributed by atoms with van der Waals surface area (Å²) in [6.45, 7) is 2.01. The maximum absolute atomic E-state index is 10.1. The molecule has 0 radical (unpaired) electrons. The Morgan fingerprint density at radius 3 is 2.78 bits per heavy atom. The van der Waals surface area contributed by atoms with Gasteiger partial charge in [-0.3, -0.25) is 9.67 Å². The summed E-state index contributed by atoms with van der Waals surface area (Å²) in [5.74, 6) is 0. The molecule has 0 aliphatic heterocycles. The minimum Gasteiger partial charge on any atom is -0.386 e. The Hall–Kier alpha value is -1.39. The molecule has 0 saturated carbocycles. The van der Waals surface area contributed by atoms with Crippen molar-refractivity contribution in [2.24, 2.45) is 7.05 Å². The molecule has 0 aliphatic rings. The summed E-state index contributed by atoms with van der Waals surface area (Å²) in [6, 6.07) is 5.48. The predicted molar refractivity (Wildman–Crippen MR) is 70.5 cm³/mol. The van der Waals surface area contributed by atoms with Crippen molar-refractivity contribution in [2.45, 2.75) is 25.9 Å². The number of aliphatic hydroxyl groups is 1. The summed E-state index contributed by atoms with van der Waals surface area (Å²) in [6.07, 6.45) is 2.20. The standard InChI is InChI=1S/C13H16ClN3O/c1-3-9-13(14)11(17(2)16-9)8-12(18)10-6-4-5-7-15-10/h4-7,12,18H,3,8H2,1-2H3. The summed E-state index contributed by atoms with van der Waals surface area (Å²) in [4.78, 5) is 4.14. The number of halogens is 1. The van der Waals surface area contributed by atoms with Gasteiger partial charge in [-0.25, -0.2) is 0 Å². The average molecular weight is 266 g/mol. The van der Waals surface area contributed by atoms with Crippen molar-refractivity contribution in [3.8, 4) is 0 Å². The lowest BCUT2D eigenvalue weighted by atomic mass is 10.1. The van der Waals surface area contributed by atoms with Gasteiger partial charge in [0.15, 0.2) is 0 Å². The minimum atomic E-state index is -0.663. The van der Waals surface area contributed by atoms with Crippen molar-refractivity contribution in [1.29, 1.82) is 0 Å². The molecule has 0 fully saturated rings. The zero-order valence-electron chi connectivity index (χ0n) is 10.5. The van der Waals surface area contributed by atoms with Gasteiger partial charge in [0.05, 0.1) is 22.1 Å². The molecule has 2 heterocycles. The number of aliphatic hydroxyl groups excluding tert-OH is 1. The number of aromatic nitrogens is 3. The molecule has 5 heteroatoms. The first-order valence-electron chi connectivity index (χ1n) is 5.92. The van der Waals surface area contributed by atoms with E-state index >= 15 is 0 Å². The molecule has 18 heavy (non-hydrogen) atoms. The molecule has 2 aromatic rings. The molecule has 0 saturated heterocycles. The fourth-order valence-corrected chi connectivity index (χ4v) is 2.27. The van der Waals surface area contributed by atoms with Gasteiger partial charge in [-0.15, -0.1) is 0 Å². The second-order valence-corrected chi connectivity index (χ2v) is 4.54. The number of pyridine rings is 1. The van der Waals surface area contributed by atoms with E-state index in [2.05, 4.69) is 10.1 Å². The van der Waals surface area contributed by atoms with Gasteiger partial charge in [0.2, 0.25) is 0 Å². The van der Waals surface area contributed by atoms with E-state index < -0.39 is 6.10 Å². The molecule has 96 valence electrons. The summed E-state index contributed by atoms with van der Waals surface area (Å²) in [5, 5.41) is 15.1. The fraction of sp³-hybridized carbons (Fsp3) is 0.385. The van der Waals surface area contributed by atoms with Crippen LogP contribution in [0.4, 0.5) is 0 Å². The van der Waals surface area contributed by atoms with Crippen molar-refractivity contribution >= 4 is 11.6 Å². The number of rotatable bonds is 4. The van der Waals surface area contributed by atoms with E-state index in [4.69, 9.17) is 11.6 Å². The van der Waals surface area contributed by atoms with E-state index in [0.717, 1.165) is 17.8 Å². The highest BCUT2D eigenvalue weighted by atomic mass is 35.5. The molecular formula is C13H16ClN3O. The largest absolute Gasteiger partial charge is 0.386 e. The zero-order chi connectivity index (χ0) is 13.1. The Balaban J connectivity index is 2.22. The number of nitrogens with zero attached hydrogens (tertiary/aromatic N) is 3. The SMILES string of the molecule is CCc1nn(C)c(CC(O)c2ccccn2)c1Cl. The summed E-state index contributed by atoms with van der Waals surface area (Å²) >= 11 is 6.25. The second kappa shape index (κ2) is 5.50. The first-order valence-corrected chi connectivity index (χ1v) is 6.30. The van der Waals surface area contributed by atoms with Gasteiger partial charge in [0.25, 0.3) is 0 Å². The van der Waals surface area contributed by atoms with Crippen LogP contribution >= 0.6 is 11.6 Å². The maximum atomic E-state index is 10.1. The van der Waals surface area contributed by atoms with Crippen LogP contribution in [0.25, 0.3) is 0 Å². The lowest BCUT2D eigenvalue weighted by Gasteiger charge is -2.10. The van der Waals surface area contributed by atoms with Gasteiger partial charge in [0, 0.05) is 19.7 Å². The van der Waals surface area contributed by atoms with E-state index in [1.807, 2.05) is 26.1 Å². The normalized spacial score (nSPS) is 12.7. The van der Waals surface area contributed by atoms with Crippen molar-refractivity contribution in [3.05, 3.63) is 46.5 Å². The van der Waals surface area contributed by atoms with Crippen LogP contribution in [0.5, 0.6) is 0 Å². The average Bonchev–Trinajstić information content (AvgIpc) is 2.67. The molecule has 1 unspecified atom stereocenters. The summed E-state index contributed by atoms with van der Waals surface area (Å²) in [7, 11) is 1.84. The van der Waals surface area contributed by atoms with E-state index in [-0.39, 0.29) is 0 Å². The van der Waals surface area contributed by atoms with Crippen molar-refractivity contribution < 1.29 is 5.11 Å². The third kappa shape index (κ3) is 2.54. The van der Waals surface area contributed by atoms with Gasteiger partial charge >= 0.3 is 0 Å². The molecule has 2 aromatic heterocycles. The molecule has 0 amide bonds. The molecule has 2 rings (SSSR count). The van der Waals surface area contributed by atoms with Gasteiger partial charge < -0.3 is 5.11 Å². The number of hydrogen-bond acceptors (Lipinski definition) is 3. The first-order chi connectivity index (χ1) is 8.63. The third-order valence-corrected chi connectivity index (χ3v) is 3.36. The Morgan fingerprint density at radius 1 is 1.44 bits per heavy atom. The molecule has 0 spiro atoms. The molecule has 1 atom stereocenters. The first kappa shape index (κ1) is 13.1. The Morgan fingerprint density at radius 2 is 2.22 bits per heavy atom. The monoisotopic (exact) mass is 265 g/mol. The molecule has 0 bridgehead atoms. The zero-order valence-corrected chi connectivity index (χ0v) is 11.2. The van der Waals surface area contributed by atoms with Gasteiger partial charge in [0.1, 0.15) is 6.10 Å². The second-order valence-electron chi connectivity index (χ2n) is 4.16. The van der Waals surface area contributed by atoms with Gasteiger partial charge in [-0.05, 0) is 18.6 Å². The highest BCUT2D eigenvalue weighted by Crippen LogP contribution is 2.25. The lowest BCUT2D eigenvalue weighted by Crippen LogP contribution is -2.08. The lowest BCUT2D eigenvalue weighted by molar-refractivity contribution is 0.171. The van der Waals surface area contributed by atoms with Crippen LogP contribution in [0.2, 0.25) is 5.02 Å². The van der Waals surface area contributed by atoms with Gasteiger partial charge in [-0.1, -0.05) is 24.6 Å². The highest BCUT2D eigenvalue weighted by molar-refractivity contribution is 6.31. The molecule has 0 aromatic carbocycles. The van der Waals surface area contributed by atoms with Crippen molar-refractivity contribution in [2.75, 3.05) is 0 Å². The van der Waals surface area contributed by atoms with E-state index in [1.165, 1.54) is 0 Å². The summed E-state index contributed by atoms with van der Waals surface area (Å²) < 4.78 is 1.73. The van der Waals surface area contributed by atoms with Crippen molar-refractivity contribution in [1.82, 2.24) is 14.8 Å². The maximum Gasteiger partial charge on any atom is 0.101 e. The minimum absolute atomic E-state index is 0.416. The number of aryl methyl sites for hydroxylation is 2. The van der Waals surface area contributed by atoms with Crippen LogP contribution in [0.3, 0.4) is 0 Å². The third-order valence-electron chi connectivity index (χ3n) is 2.92. The van der Waals surface area contributed by atoms with E-state index in [0.29, 0.717) is 17.1 Å². The quantitative estimate of drug-likeness (QED) is 0.923. The van der Waals surface area contributed by atoms with E-state index in [1.54, 1.807) is 16.9 Å². The molecular weight excluding hydrogens is 250 g/mol. The van der Waals surface area contributed by atoms with Crippen molar-refractivity contribution in [3.63, 3.8) is 0 Å².